The van der Waals surface area contributed by atoms with Gasteiger partial charge in [0.15, 0.2) is 0 Å². The van der Waals surface area contributed by atoms with E-state index in [-0.39, 0.29) is 23.1 Å². The maximum atomic E-state index is 12.4. The Labute approximate surface area is 142 Å². The minimum absolute atomic E-state index is 0.0832. The highest BCUT2D eigenvalue weighted by molar-refractivity contribution is 7.09. The van der Waals surface area contributed by atoms with Crippen molar-refractivity contribution in [3.8, 4) is 12.3 Å². The third-order valence-corrected chi connectivity index (χ3v) is 4.54. The molecule has 0 spiro atoms. The van der Waals surface area contributed by atoms with Gasteiger partial charge >= 0.3 is 0 Å². The molecule has 0 bridgehead atoms. The number of terminal acetylenes is 1. The van der Waals surface area contributed by atoms with Crippen molar-refractivity contribution in [3.63, 3.8) is 0 Å². The van der Waals surface area contributed by atoms with Crippen LogP contribution in [0, 0.1) is 12.3 Å². The lowest BCUT2D eigenvalue weighted by Crippen LogP contribution is -2.33. The molecule has 0 saturated heterocycles. The Bertz CT molecular complexity index is 830. The second-order valence-electron chi connectivity index (χ2n) is 4.70. The van der Waals surface area contributed by atoms with Gasteiger partial charge in [0, 0.05) is 16.7 Å². The van der Waals surface area contributed by atoms with Gasteiger partial charge in [-0.15, -0.1) is 6.42 Å². The van der Waals surface area contributed by atoms with Gasteiger partial charge in [-0.1, -0.05) is 29.1 Å². The lowest BCUT2D eigenvalue weighted by molar-refractivity contribution is -0.123. The van der Waals surface area contributed by atoms with Crippen LogP contribution in [0.25, 0.3) is 0 Å². The first-order chi connectivity index (χ1) is 10.9. The van der Waals surface area contributed by atoms with E-state index in [2.05, 4.69) is 11.2 Å². The van der Waals surface area contributed by atoms with Crippen LogP contribution in [0.2, 0.25) is 5.02 Å². The van der Waals surface area contributed by atoms with Crippen LogP contribution in [0.4, 0.5) is 0 Å². The van der Waals surface area contributed by atoms with E-state index < -0.39 is 11.6 Å². The van der Waals surface area contributed by atoms with Gasteiger partial charge in [0.2, 0.25) is 11.7 Å². The zero-order valence-electron chi connectivity index (χ0n) is 12.2. The first kappa shape index (κ1) is 17.0. The number of carbonyl (C=O) groups is 2. The van der Waals surface area contributed by atoms with Crippen LogP contribution in [0.5, 0.6) is 0 Å². The fraction of sp³-hybridized carbons (Fsp3) is 0.188. The molecule has 0 aliphatic rings. The number of nitrogens with one attached hydrogen (secondary N) is 1. The van der Waals surface area contributed by atoms with Gasteiger partial charge in [0.25, 0.3) is 5.56 Å². The molecule has 0 fully saturated rings. The number of halogens is 1. The van der Waals surface area contributed by atoms with Crippen molar-refractivity contribution < 1.29 is 9.59 Å². The van der Waals surface area contributed by atoms with E-state index in [4.69, 9.17) is 18.0 Å². The van der Waals surface area contributed by atoms with Crippen LogP contribution in [0.15, 0.2) is 35.1 Å². The molecule has 118 valence electrons. The summed E-state index contributed by atoms with van der Waals surface area (Å²) in [5, 5.41) is 3.03. The van der Waals surface area contributed by atoms with Crippen molar-refractivity contribution in [1.29, 1.82) is 0 Å². The normalized spacial score (nSPS) is 11.5. The van der Waals surface area contributed by atoms with Crippen molar-refractivity contribution in [3.05, 3.63) is 56.1 Å². The van der Waals surface area contributed by atoms with E-state index >= 15 is 0 Å². The summed E-state index contributed by atoms with van der Waals surface area (Å²) in [5.41, 5.74) is 0.0166. The zero-order valence-corrected chi connectivity index (χ0v) is 13.8. The molecular formula is C16H13ClN2O3S. The predicted molar refractivity (Wildman–Crippen MR) is 90.0 cm³/mol. The van der Waals surface area contributed by atoms with E-state index in [1.807, 2.05) is 0 Å². The Morgan fingerprint density at radius 1 is 1.39 bits per heavy atom. The molecule has 1 heterocycles. The van der Waals surface area contributed by atoms with E-state index in [0.717, 1.165) is 11.5 Å². The van der Waals surface area contributed by atoms with Crippen LogP contribution >= 0.6 is 23.1 Å². The summed E-state index contributed by atoms with van der Waals surface area (Å²) in [7, 11) is 0. The molecule has 1 amide bonds. The molecule has 1 N–H and O–H groups in total. The van der Waals surface area contributed by atoms with Gasteiger partial charge in [-0.2, -0.15) is 0 Å². The molecule has 2 aromatic rings. The molecule has 2 rings (SSSR count). The summed E-state index contributed by atoms with van der Waals surface area (Å²) in [4.78, 5) is 36.5. The van der Waals surface area contributed by atoms with E-state index in [1.54, 1.807) is 31.2 Å². The largest absolute Gasteiger partial charge is 0.343 e. The summed E-state index contributed by atoms with van der Waals surface area (Å²) in [6, 6.07) is 6.86. The van der Waals surface area contributed by atoms with Crippen LogP contribution in [-0.2, 0) is 4.79 Å². The van der Waals surface area contributed by atoms with Gasteiger partial charge < -0.3 is 5.32 Å². The molecular weight excluding hydrogens is 336 g/mol. The van der Waals surface area contributed by atoms with Gasteiger partial charge in [-0.05, 0) is 31.2 Å². The van der Waals surface area contributed by atoms with Crippen LogP contribution in [0.3, 0.4) is 0 Å². The Morgan fingerprint density at radius 3 is 2.65 bits per heavy atom. The van der Waals surface area contributed by atoms with Crippen LogP contribution < -0.4 is 10.9 Å². The van der Waals surface area contributed by atoms with Crippen molar-refractivity contribution in [2.75, 3.05) is 6.54 Å². The Balaban J connectivity index is 2.25. The fourth-order valence-corrected chi connectivity index (χ4v) is 2.95. The highest BCUT2D eigenvalue weighted by Gasteiger charge is 2.21. The quantitative estimate of drug-likeness (QED) is 0.664. The molecule has 1 aromatic carbocycles. The van der Waals surface area contributed by atoms with Crippen LogP contribution in [-0.4, -0.2) is 22.2 Å². The predicted octanol–water partition coefficient (Wildman–Crippen LogP) is 2.10. The first-order valence-corrected chi connectivity index (χ1v) is 7.83. The first-order valence-electron chi connectivity index (χ1n) is 6.68. The van der Waals surface area contributed by atoms with Crippen molar-refractivity contribution in [2.24, 2.45) is 0 Å². The highest BCUT2D eigenvalue weighted by atomic mass is 35.5. The van der Waals surface area contributed by atoms with Gasteiger partial charge in [-0.3, -0.25) is 18.3 Å². The molecule has 23 heavy (non-hydrogen) atoms. The van der Waals surface area contributed by atoms with Crippen molar-refractivity contribution in [2.45, 2.75) is 13.0 Å². The minimum atomic E-state index is -0.743. The van der Waals surface area contributed by atoms with Gasteiger partial charge in [0.05, 0.1) is 11.4 Å². The molecule has 1 atom stereocenters. The number of hydrogen-bond donors (Lipinski definition) is 1. The van der Waals surface area contributed by atoms with Gasteiger partial charge in [-0.25, -0.2) is 0 Å². The van der Waals surface area contributed by atoms with Gasteiger partial charge in [0.1, 0.15) is 6.04 Å². The monoisotopic (exact) mass is 348 g/mol. The Morgan fingerprint density at radius 2 is 2.04 bits per heavy atom. The smallest absolute Gasteiger partial charge is 0.262 e. The average molecular weight is 349 g/mol. The van der Waals surface area contributed by atoms with Crippen LogP contribution in [0.1, 0.15) is 28.2 Å². The summed E-state index contributed by atoms with van der Waals surface area (Å²) < 4.78 is 1.25. The van der Waals surface area contributed by atoms with Crippen molar-refractivity contribution >= 4 is 34.8 Å². The number of aromatic nitrogens is 1. The summed E-state index contributed by atoms with van der Waals surface area (Å²) in [6.45, 7) is 1.65. The molecule has 0 aliphatic carbocycles. The van der Waals surface area contributed by atoms with E-state index in [0.29, 0.717) is 10.6 Å². The molecule has 0 saturated carbocycles. The molecule has 0 radical (unpaired) electrons. The highest BCUT2D eigenvalue weighted by Crippen LogP contribution is 2.18. The molecule has 7 heteroatoms. The lowest BCUT2D eigenvalue weighted by atomic mass is 10.1. The number of hydrogen-bond acceptors (Lipinski definition) is 4. The van der Waals surface area contributed by atoms with Crippen molar-refractivity contribution in [1.82, 2.24) is 9.27 Å². The van der Waals surface area contributed by atoms with E-state index in [1.165, 1.54) is 10.0 Å². The number of nitrogens with zero attached hydrogens (tertiary/aromatic N) is 1. The summed E-state index contributed by atoms with van der Waals surface area (Å²) in [6.07, 6.45) is 5.08. The summed E-state index contributed by atoms with van der Waals surface area (Å²) >= 11 is 6.73. The molecule has 5 nitrogen and oxygen atoms in total. The second kappa shape index (κ2) is 7.27. The molecule has 1 aromatic heterocycles. The number of carbonyl (C=O) groups excluding carboxylic acids is 2. The molecule has 1 unspecified atom stereocenters. The minimum Gasteiger partial charge on any atom is -0.343 e. The lowest BCUT2D eigenvalue weighted by Gasteiger charge is -2.10. The molecule has 0 aliphatic heterocycles. The van der Waals surface area contributed by atoms with E-state index in [9.17, 15) is 14.4 Å². The third kappa shape index (κ3) is 3.89. The standard InChI is InChI=1S/C16H13ClN2O3S/c1-3-8-18-16(22)10(2)19-14(20)9-13(23-19)15(21)11-4-6-12(17)7-5-11/h1,4-7,9-10H,8H2,2H3,(H,18,22). The SMILES string of the molecule is C#CCNC(=O)C(C)n1sc(C(=O)c2ccc(Cl)cc2)cc1=O. The third-order valence-electron chi connectivity index (χ3n) is 3.09. The average Bonchev–Trinajstić information content (AvgIpc) is 2.93. The Hall–Kier alpha value is -2.36. The number of rotatable bonds is 5. The number of benzene rings is 1. The topological polar surface area (TPSA) is 68.2 Å². The summed E-state index contributed by atoms with van der Waals surface area (Å²) in [5.74, 6) is 1.62. The number of ketones is 1. The number of amides is 1. The maximum absolute atomic E-state index is 12.4. The second-order valence-corrected chi connectivity index (χ2v) is 6.15. The Kier molecular flexibility index (Phi) is 5.37. The fourth-order valence-electron chi connectivity index (χ4n) is 1.87. The zero-order chi connectivity index (χ0) is 17.0. The maximum Gasteiger partial charge on any atom is 0.262 e.